The molecule has 94 valence electrons. The van der Waals surface area contributed by atoms with Crippen molar-refractivity contribution in [1.82, 2.24) is 10.3 Å². The van der Waals surface area contributed by atoms with Crippen LogP contribution in [0.1, 0.15) is 18.4 Å². The maximum Gasteiger partial charge on any atom is 0.0703 e. The largest absolute Gasteiger partial charge is 0.381 e. The summed E-state index contributed by atoms with van der Waals surface area (Å²) in [7, 11) is 0. The number of aryl methyl sites for hydroxylation is 1. The maximum absolute atomic E-state index is 4.51. The Morgan fingerprint density at radius 2 is 2.06 bits per heavy atom. The molecule has 1 aromatic carbocycles. The molecule has 0 amide bonds. The smallest absolute Gasteiger partial charge is 0.0703 e. The molecule has 0 atom stereocenters. The van der Waals surface area contributed by atoms with Crippen molar-refractivity contribution in [3.8, 4) is 0 Å². The number of nitrogens with zero attached hydrogens (tertiary/aromatic N) is 1. The van der Waals surface area contributed by atoms with Crippen molar-refractivity contribution in [3.63, 3.8) is 0 Å². The van der Waals surface area contributed by atoms with E-state index >= 15 is 0 Å². The number of hydrogen-bond acceptors (Lipinski definition) is 3. The molecule has 3 rings (SSSR count). The van der Waals surface area contributed by atoms with Crippen LogP contribution in [0.25, 0.3) is 10.9 Å². The van der Waals surface area contributed by atoms with Crippen molar-refractivity contribution in [2.45, 2.75) is 25.8 Å². The number of anilines is 1. The molecule has 0 radical (unpaired) electrons. The van der Waals surface area contributed by atoms with Crippen LogP contribution in [0.2, 0.25) is 0 Å². The summed E-state index contributed by atoms with van der Waals surface area (Å²) >= 11 is 0. The number of piperidine rings is 1. The first-order valence-electron chi connectivity index (χ1n) is 6.65. The van der Waals surface area contributed by atoms with Gasteiger partial charge in [-0.05, 0) is 51.1 Å². The Hall–Kier alpha value is -1.61. The molecule has 0 bridgehead atoms. The summed E-state index contributed by atoms with van der Waals surface area (Å²) in [5, 5.41) is 8.19. The molecule has 18 heavy (non-hydrogen) atoms. The molecule has 1 aliphatic rings. The second-order valence-electron chi connectivity index (χ2n) is 5.09. The minimum absolute atomic E-state index is 0.579. The van der Waals surface area contributed by atoms with Crippen molar-refractivity contribution < 1.29 is 0 Å². The van der Waals surface area contributed by atoms with E-state index in [1.54, 1.807) is 0 Å². The molecular formula is C15H19N3. The van der Waals surface area contributed by atoms with Gasteiger partial charge in [-0.2, -0.15) is 0 Å². The van der Waals surface area contributed by atoms with Gasteiger partial charge in [0.2, 0.25) is 0 Å². The first kappa shape index (κ1) is 11.5. The lowest BCUT2D eigenvalue weighted by atomic mass is 10.1. The van der Waals surface area contributed by atoms with Crippen molar-refractivity contribution in [3.05, 3.63) is 36.0 Å². The van der Waals surface area contributed by atoms with E-state index in [0.717, 1.165) is 24.3 Å². The zero-order chi connectivity index (χ0) is 12.4. The number of nitrogens with one attached hydrogen (secondary N) is 2. The van der Waals surface area contributed by atoms with Crippen LogP contribution in [0.4, 0.5) is 5.69 Å². The second-order valence-corrected chi connectivity index (χ2v) is 5.09. The fraction of sp³-hybridized carbons (Fsp3) is 0.400. The zero-order valence-corrected chi connectivity index (χ0v) is 10.7. The van der Waals surface area contributed by atoms with Crippen LogP contribution in [0.15, 0.2) is 30.5 Å². The van der Waals surface area contributed by atoms with Crippen LogP contribution >= 0.6 is 0 Å². The summed E-state index contributed by atoms with van der Waals surface area (Å²) < 4.78 is 0. The van der Waals surface area contributed by atoms with E-state index in [1.807, 2.05) is 6.20 Å². The van der Waals surface area contributed by atoms with E-state index in [-0.39, 0.29) is 0 Å². The van der Waals surface area contributed by atoms with Gasteiger partial charge in [0.15, 0.2) is 0 Å². The van der Waals surface area contributed by atoms with Gasteiger partial charge >= 0.3 is 0 Å². The Bertz CT molecular complexity index is 544. The highest BCUT2D eigenvalue weighted by Gasteiger charge is 2.12. The molecule has 1 fully saturated rings. The molecule has 0 spiro atoms. The molecule has 3 heteroatoms. The van der Waals surface area contributed by atoms with E-state index in [1.165, 1.54) is 23.8 Å². The lowest BCUT2D eigenvalue weighted by molar-refractivity contribution is 0.479. The predicted octanol–water partition coefficient (Wildman–Crippen LogP) is 2.71. The number of pyridine rings is 1. The summed E-state index contributed by atoms with van der Waals surface area (Å²) in [4.78, 5) is 4.51. The minimum Gasteiger partial charge on any atom is -0.381 e. The van der Waals surface area contributed by atoms with Gasteiger partial charge in [-0.25, -0.2) is 0 Å². The fourth-order valence-electron chi connectivity index (χ4n) is 2.53. The summed E-state index contributed by atoms with van der Waals surface area (Å²) in [6.07, 6.45) is 4.32. The SMILES string of the molecule is Cc1ccc2ncc(NC3CCNCC3)cc2c1. The topological polar surface area (TPSA) is 37.0 Å². The summed E-state index contributed by atoms with van der Waals surface area (Å²) in [6.45, 7) is 4.34. The van der Waals surface area contributed by atoms with Crippen LogP contribution in [0, 0.1) is 6.92 Å². The number of aromatic nitrogens is 1. The molecule has 1 saturated heterocycles. The van der Waals surface area contributed by atoms with E-state index in [2.05, 4.69) is 46.8 Å². The first-order chi connectivity index (χ1) is 8.81. The molecular weight excluding hydrogens is 222 g/mol. The lowest BCUT2D eigenvalue weighted by Crippen LogP contribution is -2.35. The highest BCUT2D eigenvalue weighted by Crippen LogP contribution is 2.19. The average Bonchev–Trinajstić information content (AvgIpc) is 2.39. The van der Waals surface area contributed by atoms with E-state index in [4.69, 9.17) is 0 Å². The van der Waals surface area contributed by atoms with Crippen molar-refractivity contribution in [2.24, 2.45) is 0 Å². The van der Waals surface area contributed by atoms with Gasteiger partial charge in [-0.15, -0.1) is 0 Å². The Labute approximate surface area is 108 Å². The number of rotatable bonds is 2. The number of hydrogen-bond donors (Lipinski definition) is 2. The van der Waals surface area contributed by atoms with Gasteiger partial charge in [0.05, 0.1) is 17.4 Å². The zero-order valence-electron chi connectivity index (χ0n) is 10.7. The van der Waals surface area contributed by atoms with Gasteiger partial charge in [0.1, 0.15) is 0 Å². The van der Waals surface area contributed by atoms with E-state index in [9.17, 15) is 0 Å². The number of fused-ring (bicyclic) bond motifs is 1. The Morgan fingerprint density at radius 1 is 1.22 bits per heavy atom. The van der Waals surface area contributed by atoms with Gasteiger partial charge in [0, 0.05) is 11.4 Å². The van der Waals surface area contributed by atoms with Crippen molar-refractivity contribution in [2.75, 3.05) is 18.4 Å². The molecule has 2 aromatic rings. The minimum atomic E-state index is 0.579. The third-order valence-corrected chi connectivity index (χ3v) is 3.55. The highest BCUT2D eigenvalue weighted by molar-refractivity contribution is 5.82. The van der Waals surface area contributed by atoms with Crippen LogP contribution in [0.3, 0.4) is 0 Å². The molecule has 1 aromatic heterocycles. The van der Waals surface area contributed by atoms with Crippen LogP contribution in [0.5, 0.6) is 0 Å². The fourth-order valence-corrected chi connectivity index (χ4v) is 2.53. The highest BCUT2D eigenvalue weighted by atomic mass is 15.0. The van der Waals surface area contributed by atoms with E-state index in [0.29, 0.717) is 6.04 Å². The molecule has 0 unspecified atom stereocenters. The van der Waals surface area contributed by atoms with Crippen molar-refractivity contribution in [1.29, 1.82) is 0 Å². The standard InChI is InChI=1S/C15H19N3/c1-11-2-3-15-12(8-11)9-14(10-17-15)18-13-4-6-16-7-5-13/h2-3,8-10,13,16,18H,4-7H2,1H3. The van der Waals surface area contributed by atoms with Gasteiger partial charge in [-0.3, -0.25) is 4.98 Å². The summed E-state index contributed by atoms with van der Waals surface area (Å²) in [6, 6.07) is 9.16. The summed E-state index contributed by atoms with van der Waals surface area (Å²) in [5.74, 6) is 0. The monoisotopic (exact) mass is 241 g/mol. The Morgan fingerprint density at radius 3 is 2.89 bits per heavy atom. The van der Waals surface area contributed by atoms with E-state index < -0.39 is 0 Å². The quantitative estimate of drug-likeness (QED) is 0.849. The maximum atomic E-state index is 4.51. The van der Waals surface area contributed by atoms with Gasteiger partial charge in [-0.1, -0.05) is 11.6 Å². The molecule has 1 aliphatic heterocycles. The predicted molar refractivity (Wildman–Crippen MR) is 76.0 cm³/mol. The second kappa shape index (κ2) is 4.94. The lowest BCUT2D eigenvalue weighted by Gasteiger charge is -2.24. The Kier molecular flexibility index (Phi) is 3.15. The Balaban J connectivity index is 1.83. The van der Waals surface area contributed by atoms with Gasteiger partial charge < -0.3 is 10.6 Å². The third kappa shape index (κ3) is 2.46. The third-order valence-electron chi connectivity index (χ3n) is 3.55. The van der Waals surface area contributed by atoms with Crippen LogP contribution < -0.4 is 10.6 Å². The molecule has 2 heterocycles. The first-order valence-corrected chi connectivity index (χ1v) is 6.65. The number of benzene rings is 1. The van der Waals surface area contributed by atoms with Crippen molar-refractivity contribution >= 4 is 16.6 Å². The molecule has 0 saturated carbocycles. The normalized spacial score (nSPS) is 16.9. The average molecular weight is 241 g/mol. The van der Waals surface area contributed by atoms with Crippen LogP contribution in [-0.2, 0) is 0 Å². The molecule has 3 nitrogen and oxygen atoms in total. The van der Waals surface area contributed by atoms with Gasteiger partial charge in [0.25, 0.3) is 0 Å². The van der Waals surface area contributed by atoms with Crippen LogP contribution in [-0.4, -0.2) is 24.1 Å². The molecule has 0 aliphatic carbocycles. The summed E-state index contributed by atoms with van der Waals surface area (Å²) in [5.41, 5.74) is 3.49. The molecule has 2 N–H and O–H groups in total.